The second-order valence-corrected chi connectivity index (χ2v) is 9.25. The average molecular weight is 327 g/mol. The van der Waals surface area contributed by atoms with E-state index in [-0.39, 0.29) is 11.7 Å². The highest BCUT2D eigenvalue weighted by Gasteiger charge is 2.32. The van der Waals surface area contributed by atoms with Gasteiger partial charge in [-0.15, -0.1) is 0 Å². The minimum atomic E-state index is -3.38. The summed E-state index contributed by atoms with van der Waals surface area (Å²) in [5.41, 5.74) is 2.60. The predicted molar refractivity (Wildman–Crippen MR) is 83.7 cm³/mol. The van der Waals surface area contributed by atoms with Crippen LogP contribution in [0.25, 0.3) is 0 Å². The third-order valence-electron chi connectivity index (χ3n) is 4.85. The quantitative estimate of drug-likeness (QED) is 0.900. The highest BCUT2D eigenvalue weighted by Crippen LogP contribution is 2.36. The molecule has 2 aliphatic rings. The third-order valence-corrected chi connectivity index (χ3v) is 5.78. The summed E-state index contributed by atoms with van der Waals surface area (Å²) in [5.74, 6) is 1.25. The summed E-state index contributed by atoms with van der Waals surface area (Å²) in [4.78, 5) is 2.26. The number of primary sulfonamides is 1. The molecular formula is C15H25N3O3S. The van der Waals surface area contributed by atoms with Crippen molar-refractivity contribution in [2.24, 2.45) is 16.5 Å². The van der Waals surface area contributed by atoms with Crippen LogP contribution in [0.1, 0.15) is 43.7 Å². The van der Waals surface area contributed by atoms with E-state index < -0.39 is 10.0 Å². The molecule has 1 saturated heterocycles. The maximum absolute atomic E-state index is 11.2. The Balaban J connectivity index is 1.65. The Kier molecular flexibility index (Phi) is 4.07. The number of nitrogens with two attached hydrogens (primary N) is 1. The van der Waals surface area contributed by atoms with Crippen LogP contribution in [0.3, 0.4) is 0 Å². The lowest BCUT2D eigenvalue weighted by Gasteiger charge is -2.28. The van der Waals surface area contributed by atoms with Gasteiger partial charge in [0.05, 0.1) is 5.75 Å². The maximum Gasteiger partial charge on any atom is 0.209 e. The monoisotopic (exact) mass is 327 g/mol. The molecule has 22 heavy (non-hydrogen) atoms. The van der Waals surface area contributed by atoms with Crippen molar-refractivity contribution in [1.82, 2.24) is 10.1 Å². The van der Waals surface area contributed by atoms with Gasteiger partial charge in [0.1, 0.15) is 11.5 Å². The number of hydrogen-bond acceptors (Lipinski definition) is 5. The fourth-order valence-corrected chi connectivity index (χ4v) is 4.58. The van der Waals surface area contributed by atoms with E-state index in [1.54, 1.807) is 0 Å². The van der Waals surface area contributed by atoms with Crippen LogP contribution in [0.5, 0.6) is 0 Å². The smallest absolute Gasteiger partial charge is 0.209 e. The molecule has 0 saturated carbocycles. The van der Waals surface area contributed by atoms with E-state index in [9.17, 15) is 8.42 Å². The van der Waals surface area contributed by atoms with Gasteiger partial charge in [-0.3, -0.25) is 4.90 Å². The van der Waals surface area contributed by atoms with E-state index in [0.717, 1.165) is 56.8 Å². The van der Waals surface area contributed by atoms with E-state index in [2.05, 4.69) is 23.9 Å². The molecule has 3 rings (SSSR count). The topological polar surface area (TPSA) is 89.4 Å². The first kappa shape index (κ1) is 16.0. The molecule has 124 valence electrons. The summed E-state index contributed by atoms with van der Waals surface area (Å²) in [6, 6.07) is 0. The minimum Gasteiger partial charge on any atom is -0.361 e. The maximum atomic E-state index is 11.2. The Morgan fingerprint density at radius 2 is 2.23 bits per heavy atom. The highest BCUT2D eigenvalue weighted by molar-refractivity contribution is 7.89. The summed E-state index contributed by atoms with van der Waals surface area (Å²) in [5, 5.41) is 9.41. The van der Waals surface area contributed by atoms with Gasteiger partial charge in [0.15, 0.2) is 0 Å². The molecule has 0 aromatic carbocycles. The molecule has 0 radical (unpaired) electrons. The van der Waals surface area contributed by atoms with Gasteiger partial charge in [-0.2, -0.15) is 0 Å². The van der Waals surface area contributed by atoms with Crippen molar-refractivity contribution in [3.63, 3.8) is 0 Å². The molecule has 1 aliphatic heterocycles. The highest BCUT2D eigenvalue weighted by atomic mass is 32.2. The molecule has 0 bridgehead atoms. The fourth-order valence-electron chi connectivity index (χ4n) is 3.65. The molecule has 2 heterocycles. The Bertz CT molecular complexity index is 651. The number of aromatic nitrogens is 1. The van der Waals surface area contributed by atoms with E-state index in [0.29, 0.717) is 5.41 Å². The molecule has 1 atom stereocenters. The minimum absolute atomic E-state index is 0.0768. The lowest BCUT2D eigenvalue weighted by molar-refractivity contribution is 0.281. The number of hydrogen-bond donors (Lipinski definition) is 1. The van der Waals surface area contributed by atoms with E-state index in [4.69, 9.17) is 9.66 Å². The van der Waals surface area contributed by atoms with Crippen molar-refractivity contribution >= 4 is 10.0 Å². The first-order chi connectivity index (χ1) is 10.2. The zero-order chi connectivity index (χ0) is 16.0. The van der Waals surface area contributed by atoms with Gasteiger partial charge in [-0.05, 0) is 37.1 Å². The van der Waals surface area contributed by atoms with Crippen molar-refractivity contribution in [1.29, 1.82) is 0 Å². The molecule has 1 aromatic rings. The lowest BCUT2D eigenvalue weighted by Crippen LogP contribution is -2.27. The summed E-state index contributed by atoms with van der Waals surface area (Å²) >= 11 is 0. The second-order valence-electron chi connectivity index (χ2n) is 7.59. The second kappa shape index (κ2) is 5.62. The molecule has 0 spiro atoms. The molecular weight excluding hydrogens is 302 g/mol. The summed E-state index contributed by atoms with van der Waals surface area (Å²) in [6.07, 6.45) is 3.98. The Morgan fingerprint density at radius 1 is 1.45 bits per heavy atom. The van der Waals surface area contributed by atoms with Gasteiger partial charge in [0, 0.05) is 25.1 Å². The van der Waals surface area contributed by atoms with Crippen LogP contribution in [0.2, 0.25) is 0 Å². The van der Waals surface area contributed by atoms with Crippen molar-refractivity contribution in [2.45, 2.75) is 46.1 Å². The average Bonchev–Trinajstić information content (AvgIpc) is 2.95. The molecule has 1 fully saturated rings. The first-order valence-corrected chi connectivity index (χ1v) is 9.62. The van der Waals surface area contributed by atoms with E-state index >= 15 is 0 Å². The third kappa shape index (κ3) is 3.70. The molecule has 1 aliphatic carbocycles. The largest absolute Gasteiger partial charge is 0.361 e. The summed E-state index contributed by atoms with van der Waals surface area (Å²) in [6.45, 7) is 6.97. The summed E-state index contributed by atoms with van der Waals surface area (Å²) < 4.78 is 27.9. The van der Waals surface area contributed by atoms with Crippen LogP contribution in [0.4, 0.5) is 0 Å². The molecule has 6 nitrogen and oxygen atoms in total. The van der Waals surface area contributed by atoms with E-state index in [1.807, 2.05) is 0 Å². The van der Waals surface area contributed by atoms with Crippen LogP contribution in [0.15, 0.2) is 4.52 Å². The van der Waals surface area contributed by atoms with Crippen LogP contribution in [0, 0.1) is 11.3 Å². The molecule has 1 unspecified atom stereocenters. The predicted octanol–water partition coefficient (Wildman–Crippen LogP) is 1.30. The van der Waals surface area contributed by atoms with Crippen molar-refractivity contribution in [2.75, 3.05) is 18.8 Å². The summed E-state index contributed by atoms with van der Waals surface area (Å²) in [7, 11) is -3.38. The van der Waals surface area contributed by atoms with Gasteiger partial charge in [0.25, 0.3) is 0 Å². The van der Waals surface area contributed by atoms with Crippen LogP contribution < -0.4 is 5.14 Å². The number of nitrogens with zero attached hydrogens (tertiary/aromatic N) is 2. The lowest BCUT2D eigenvalue weighted by atomic mass is 9.76. The van der Waals surface area contributed by atoms with Gasteiger partial charge in [-0.1, -0.05) is 19.0 Å². The SMILES string of the molecule is CC1(C)CCc2onc(CN3CCC(CS(N)(=O)=O)C3)c2C1. The van der Waals surface area contributed by atoms with Crippen LogP contribution in [-0.4, -0.2) is 37.3 Å². The van der Waals surface area contributed by atoms with Gasteiger partial charge >= 0.3 is 0 Å². The first-order valence-electron chi connectivity index (χ1n) is 7.91. The molecule has 1 aromatic heterocycles. The van der Waals surface area contributed by atoms with Crippen molar-refractivity contribution in [3.05, 3.63) is 17.0 Å². The fraction of sp³-hybridized carbons (Fsp3) is 0.800. The Hall–Kier alpha value is -0.920. The molecule has 0 amide bonds. The zero-order valence-corrected chi connectivity index (χ0v) is 14.2. The number of rotatable bonds is 4. The van der Waals surface area contributed by atoms with Crippen LogP contribution in [-0.2, 0) is 29.4 Å². The molecule has 7 heteroatoms. The Labute approximate surface area is 132 Å². The number of fused-ring (bicyclic) bond motifs is 1. The van der Waals surface area contributed by atoms with E-state index in [1.165, 1.54) is 5.56 Å². The van der Waals surface area contributed by atoms with Gasteiger partial charge < -0.3 is 4.52 Å². The standard InChI is InChI=1S/C15H25N3O3S/c1-15(2)5-3-14-12(7-15)13(17-21-14)9-18-6-4-11(8-18)10-22(16,19)20/h11H,3-10H2,1-2H3,(H2,16,19,20). The zero-order valence-electron chi connectivity index (χ0n) is 13.3. The normalized spacial score (nSPS) is 25.3. The van der Waals surface area contributed by atoms with Crippen LogP contribution >= 0.6 is 0 Å². The molecule has 2 N–H and O–H groups in total. The number of likely N-dealkylation sites (tertiary alicyclic amines) is 1. The number of aryl methyl sites for hydroxylation is 1. The van der Waals surface area contributed by atoms with Gasteiger partial charge in [-0.25, -0.2) is 13.6 Å². The number of sulfonamides is 1. The van der Waals surface area contributed by atoms with Gasteiger partial charge in [0.2, 0.25) is 10.0 Å². The van der Waals surface area contributed by atoms with Crippen molar-refractivity contribution in [3.8, 4) is 0 Å². The van der Waals surface area contributed by atoms with Crippen molar-refractivity contribution < 1.29 is 12.9 Å². The Morgan fingerprint density at radius 3 is 2.95 bits per heavy atom.